The number of benzene rings is 2. The van der Waals surface area contributed by atoms with Gasteiger partial charge in [-0.15, -0.1) is 0 Å². The Kier molecular flexibility index (Phi) is 7.96. The van der Waals surface area contributed by atoms with Gasteiger partial charge in [-0.25, -0.2) is 4.39 Å². The van der Waals surface area contributed by atoms with Gasteiger partial charge in [0.25, 0.3) is 11.7 Å². The van der Waals surface area contributed by atoms with Crippen LogP contribution in [0, 0.1) is 11.7 Å². The molecule has 0 aliphatic carbocycles. The van der Waals surface area contributed by atoms with Gasteiger partial charge in [-0.3, -0.25) is 9.59 Å². The first-order valence-electron chi connectivity index (χ1n) is 12.3. The SMILES string of the molecule is CCOc1cc(C2/C(=C(\O)c3ccc(F)cc3)C(=O)C(=O)N2Cc2ccco2)ccc1OCCC(C)C. The normalized spacial score (nSPS) is 17.0. The topological polar surface area (TPSA) is 89.2 Å². The van der Waals surface area contributed by atoms with Gasteiger partial charge >= 0.3 is 0 Å². The largest absolute Gasteiger partial charge is 0.507 e. The van der Waals surface area contributed by atoms with Crippen LogP contribution in [-0.2, 0) is 16.1 Å². The molecule has 0 bridgehead atoms. The summed E-state index contributed by atoms with van der Waals surface area (Å²) in [6.07, 6.45) is 2.35. The lowest BCUT2D eigenvalue weighted by Gasteiger charge is -2.25. The molecular formula is C29H30FNO6. The van der Waals surface area contributed by atoms with Gasteiger partial charge in [0.2, 0.25) is 0 Å². The summed E-state index contributed by atoms with van der Waals surface area (Å²) in [7, 11) is 0. The summed E-state index contributed by atoms with van der Waals surface area (Å²) in [5.74, 6) is -0.521. The molecule has 2 heterocycles. The predicted octanol–water partition coefficient (Wildman–Crippen LogP) is 5.86. The molecule has 0 saturated carbocycles. The van der Waals surface area contributed by atoms with Crippen LogP contribution in [0.4, 0.5) is 4.39 Å². The molecule has 1 aliphatic heterocycles. The second-order valence-electron chi connectivity index (χ2n) is 9.18. The Balaban J connectivity index is 1.80. The number of carbonyl (C=O) groups excluding carboxylic acids is 2. The van der Waals surface area contributed by atoms with Crippen molar-refractivity contribution in [2.45, 2.75) is 39.8 Å². The molecule has 1 amide bonds. The molecule has 0 spiro atoms. The Labute approximate surface area is 215 Å². The number of carbonyl (C=O) groups is 2. The highest BCUT2D eigenvalue weighted by Crippen LogP contribution is 2.42. The van der Waals surface area contributed by atoms with Gasteiger partial charge in [0.05, 0.1) is 37.6 Å². The Morgan fingerprint density at radius 2 is 1.84 bits per heavy atom. The minimum Gasteiger partial charge on any atom is -0.507 e. The molecule has 1 atom stereocenters. The zero-order chi connectivity index (χ0) is 26.5. The summed E-state index contributed by atoms with van der Waals surface area (Å²) in [5, 5.41) is 11.1. The number of furan rings is 1. The monoisotopic (exact) mass is 507 g/mol. The van der Waals surface area contributed by atoms with E-state index in [1.807, 2.05) is 6.92 Å². The van der Waals surface area contributed by atoms with Gasteiger partial charge in [0.15, 0.2) is 11.5 Å². The predicted molar refractivity (Wildman–Crippen MR) is 136 cm³/mol. The van der Waals surface area contributed by atoms with Crippen LogP contribution >= 0.6 is 0 Å². The summed E-state index contributed by atoms with van der Waals surface area (Å²) in [6, 6.07) is 12.7. The number of hydrogen-bond donors (Lipinski definition) is 1. The Bertz CT molecular complexity index is 1280. The van der Waals surface area contributed by atoms with E-state index in [4.69, 9.17) is 13.9 Å². The van der Waals surface area contributed by atoms with E-state index in [0.29, 0.717) is 42.0 Å². The molecule has 37 heavy (non-hydrogen) atoms. The van der Waals surface area contributed by atoms with E-state index in [1.165, 1.54) is 35.4 Å². The summed E-state index contributed by atoms with van der Waals surface area (Å²) in [4.78, 5) is 27.7. The summed E-state index contributed by atoms with van der Waals surface area (Å²) < 4.78 is 30.7. The van der Waals surface area contributed by atoms with Crippen LogP contribution in [0.1, 0.15) is 50.1 Å². The maximum Gasteiger partial charge on any atom is 0.296 e. The first-order chi connectivity index (χ1) is 17.8. The highest BCUT2D eigenvalue weighted by Gasteiger charge is 2.46. The molecule has 1 N–H and O–H groups in total. The molecule has 4 rings (SSSR count). The van der Waals surface area contributed by atoms with Gasteiger partial charge < -0.3 is 23.9 Å². The number of aliphatic hydroxyl groups excluding tert-OH is 1. The maximum absolute atomic E-state index is 13.5. The smallest absolute Gasteiger partial charge is 0.296 e. The number of amides is 1. The van der Waals surface area contributed by atoms with Crippen molar-refractivity contribution in [1.29, 1.82) is 0 Å². The lowest BCUT2D eigenvalue weighted by atomic mass is 9.95. The first kappa shape index (κ1) is 26.0. The van der Waals surface area contributed by atoms with E-state index in [-0.39, 0.29) is 23.4 Å². The van der Waals surface area contributed by atoms with E-state index in [1.54, 1.807) is 30.3 Å². The van der Waals surface area contributed by atoms with E-state index >= 15 is 0 Å². The number of hydrogen-bond acceptors (Lipinski definition) is 6. The van der Waals surface area contributed by atoms with Crippen LogP contribution in [0.3, 0.4) is 0 Å². The fraction of sp³-hybridized carbons (Fsp3) is 0.310. The van der Waals surface area contributed by atoms with Crippen LogP contribution < -0.4 is 9.47 Å². The second-order valence-corrected chi connectivity index (χ2v) is 9.18. The molecule has 3 aromatic rings. The number of likely N-dealkylation sites (tertiary alicyclic amines) is 1. The van der Waals surface area contributed by atoms with Crippen molar-refractivity contribution in [2.75, 3.05) is 13.2 Å². The van der Waals surface area contributed by atoms with E-state index < -0.39 is 23.5 Å². The fourth-order valence-corrected chi connectivity index (χ4v) is 4.21. The first-order valence-corrected chi connectivity index (χ1v) is 12.3. The Hall–Kier alpha value is -4.07. The summed E-state index contributed by atoms with van der Waals surface area (Å²) in [6.45, 7) is 6.98. The van der Waals surface area contributed by atoms with Crippen molar-refractivity contribution in [3.05, 3.63) is 89.1 Å². The number of ketones is 1. The van der Waals surface area contributed by atoms with Gasteiger partial charge in [-0.05, 0) is 73.4 Å². The van der Waals surface area contributed by atoms with E-state index in [9.17, 15) is 19.1 Å². The van der Waals surface area contributed by atoms with Crippen LogP contribution in [0.25, 0.3) is 5.76 Å². The molecule has 1 aliphatic rings. The molecule has 1 unspecified atom stereocenters. The lowest BCUT2D eigenvalue weighted by molar-refractivity contribution is -0.140. The number of ether oxygens (including phenoxy) is 2. The minimum absolute atomic E-state index is 0.0129. The quantitative estimate of drug-likeness (QED) is 0.210. The van der Waals surface area contributed by atoms with Crippen LogP contribution in [0.5, 0.6) is 11.5 Å². The molecule has 194 valence electrons. The molecular weight excluding hydrogens is 477 g/mol. The highest BCUT2D eigenvalue weighted by molar-refractivity contribution is 6.46. The zero-order valence-corrected chi connectivity index (χ0v) is 21.1. The number of aliphatic hydroxyl groups is 1. The average molecular weight is 508 g/mol. The maximum atomic E-state index is 13.5. The van der Waals surface area contributed by atoms with E-state index in [2.05, 4.69) is 13.8 Å². The lowest BCUT2D eigenvalue weighted by Crippen LogP contribution is -2.29. The van der Waals surface area contributed by atoms with Crippen molar-refractivity contribution >= 4 is 17.4 Å². The van der Waals surface area contributed by atoms with Crippen molar-refractivity contribution in [2.24, 2.45) is 5.92 Å². The van der Waals surface area contributed by atoms with Crippen LogP contribution in [-0.4, -0.2) is 34.9 Å². The zero-order valence-electron chi connectivity index (χ0n) is 21.1. The molecule has 7 nitrogen and oxygen atoms in total. The third kappa shape index (κ3) is 5.69. The fourth-order valence-electron chi connectivity index (χ4n) is 4.21. The van der Waals surface area contributed by atoms with Gasteiger partial charge in [0.1, 0.15) is 17.3 Å². The molecule has 2 aromatic carbocycles. The minimum atomic E-state index is -0.931. The number of rotatable bonds is 10. The molecule has 0 radical (unpaired) electrons. The molecule has 1 aromatic heterocycles. The van der Waals surface area contributed by atoms with Crippen molar-refractivity contribution in [3.8, 4) is 11.5 Å². The van der Waals surface area contributed by atoms with Gasteiger partial charge in [0, 0.05) is 5.56 Å². The Morgan fingerprint density at radius 1 is 1.08 bits per heavy atom. The standard InChI is InChI=1S/C29H30FNO6/c1-4-35-24-16-20(9-12-23(24)37-15-13-18(2)3)26-25(27(32)19-7-10-21(30)11-8-19)28(33)29(34)31(26)17-22-6-5-14-36-22/h5-12,14,16,18,26,32H,4,13,15,17H2,1-3H3/b27-25+. The third-order valence-electron chi connectivity index (χ3n) is 6.10. The molecule has 1 fully saturated rings. The number of Topliss-reactive ketones (excluding diaryl/α,β-unsaturated/α-hetero) is 1. The number of nitrogens with zero attached hydrogens (tertiary/aromatic N) is 1. The van der Waals surface area contributed by atoms with Crippen molar-refractivity contribution in [1.82, 2.24) is 4.90 Å². The van der Waals surface area contributed by atoms with Crippen molar-refractivity contribution < 1.29 is 33.0 Å². The number of halogens is 1. The average Bonchev–Trinajstić information content (AvgIpc) is 3.47. The summed E-state index contributed by atoms with van der Waals surface area (Å²) >= 11 is 0. The highest BCUT2D eigenvalue weighted by atomic mass is 19.1. The van der Waals surface area contributed by atoms with Gasteiger partial charge in [-0.2, -0.15) is 0 Å². The molecule has 8 heteroatoms. The second kappa shape index (κ2) is 11.3. The van der Waals surface area contributed by atoms with E-state index in [0.717, 1.165) is 6.42 Å². The Morgan fingerprint density at radius 3 is 2.49 bits per heavy atom. The molecule has 1 saturated heterocycles. The van der Waals surface area contributed by atoms with Crippen molar-refractivity contribution in [3.63, 3.8) is 0 Å². The summed E-state index contributed by atoms with van der Waals surface area (Å²) in [5.41, 5.74) is 0.675. The van der Waals surface area contributed by atoms with Crippen LogP contribution in [0.15, 0.2) is 70.9 Å². The van der Waals surface area contributed by atoms with Gasteiger partial charge in [-0.1, -0.05) is 19.9 Å². The third-order valence-corrected chi connectivity index (χ3v) is 6.10. The van der Waals surface area contributed by atoms with Crippen LogP contribution in [0.2, 0.25) is 0 Å².